The summed E-state index contributed by atoms with van der Waals surface area (Å²) in [5.74, 6) is 0. The molecule has 14 heteroatoms. The fraction of sp³-hybridized carbons (Fsp3) is 0.167. The van der Waals surface area contributed by atoms with Gasteiger partial charge in [0.2, 0.25) is 9.84 Å². The van der Waals surface area contributed by atoms with Crippen LogP contribution in [0.4, 0.5) is 32.0 Å². The number of nitrogens with one attached hydrogen (secondary N) is 1. The molecule has 0 aliphatic rings. The number of sulfone groups is 2. The molecule has 0 saturated heterocycles. The van der Waals surface area contributed by atoms with Gasteiger partial charge >= 0.3 is 12.4 Å². The van der Waals surface area contributed by atoms with Crippen LogP contribution in [0.2, 0.25) is 0 Å². The third kappa shape index (κ3) is 5.80. The zero-order valence-electron chi connectivity index (χ0n) is 15.8. The van der Waals surface area contributed by atoms with Gasteiger partial charge in [-0.15, -0.1) is 0 Å². The molecule has 0 aliphatic carbocycles. The number of rotatable bonds is 5. The largest absolute Gasteiger partial charge is 0.416 e. The van der Waals surface area contributed by atoms with E-state index in [2.05, 4.69) is 0 Å². The second-order valence-corrected chi connectivity index (χ2v) is 10.2. The molecule has 0 radical (unpaired) electrons. The van der Waals surface area contributed by atoms with Crippen molar-refractivity contribution in [2.75, 3.05) is 11.6 Å². The highest BCUT2D eigenvalue weighted by molar-refractivity contribution is 7.95. The van der Waals surface area contributed by atoms with E-state index in [-0.39, 0.29) is 11.0 Å². The molecule has 172 valence electrons. The smallest absolute Gasteiger partial charge is 0.360 e. The lowest BCUT2D eigenvalue weighted by molar-refractivity contribution is -0.143. The van der Waals surface area contributed by atoms with Crippen LogP contribution in [-0.2, 0) is 32.0 Å². The summed E-state index contributed by atoms with van der Waals surface area (Å²) >= 11 is 0. The molecule has 2 rings (SSSR count). The minimum Gasteiger partial charge on any atom is -0.360 e. The Bertz CT molecular complexity index is 1290. The maximum Gasteiger partial charge on any atom is 0.416 e. The number of anilines is 1. The average Bonchev–Trinajstić information content (AvgIpc) is 2.66. The van der Waals surface area contributed by atoms with Gasteiger partial charge < -0.3 is 5.32 Å². The number of nitriles is 1. The molecule has 0 heterocycles. The number of nitrogens with zero attached hydrogens (tertiary/aromatic N) is 1. The quantitative estimate of drug-likeness (QED) is 0.485. The van der Waals surface area contributed by atoms with Crippen molar-refractivity contribution in [1.29, 1.82) is 5.26 Å². The van der Waals surface area contributed by atoms with Gasteiger partial charge in [0.15, 0.2) is 14.7 Å². The van der Waals surface area contributed by atoms with Crippen molar-refractivity contribution in [3.63, 3.8) is 0 Å². The molecule has 0 spiro atoms. The molecule has 0 atom stereocenters. The van der Waals surface area contributed by atoms with Gasteiger partial charge in [-0.25, -0.2) is 16.8 Å². The Hall–Kier alpha value is -3.05. The summed E-state index contributed by atoms with van der Waals surface area (Å²) in [6, 6.07) is 5.70. The normalized spacial score (nSPS) is 13.5. The van der Waals surface area contributed by atoms with Gasteiger partial charge in [-0.2, -0.15) is 31.6 Å². The summed E-state index contributed by atoms with van der Waals surface area (Å²) in [6.45, 7) is 0. The zero-order valence-corrected chi connectivity index (χ0v) is 17.4. The standard InChI is InChI=1S/C18H12F6N2O4S2/c1-31(27,28)14-3-2-4-15(8-14)32(29,30)16(9-25)10-26-13-6-11(17(19,20)21)5-12(7-13)18(22,23)24/h2-8,10,26H,1H3/b16-10+. The Morgan fingerprint density at radius 3 is 1.84 bits per heavy atom. The highest BCUT2D eigenvalue weighted by atomic mass is 32.2. The van der Waals surface area contributed by atoms with E-state index in [4.69, 9.17) is 0 Å². The third-order valence-electron chi connectivity index (χ3n) is 3.90. The molecule has 0 fully saturated rings. The number of halogens is 6. The second kappa shape index (κ2) is 8.47. The predicted octanol–water partition coefficient (Wildman–Crippen LogP) is 4.38. The van der Waals surface area contributed by atoms with E-state index in [9.17, 15) is 48.4 Å². The first-order valence-electron chi connectivity index (χ1n) is 8.18. The first-order chi connectivity index (χ1) is 14.5. The lowest BCUT2D eigenvalue weighted by atomic mass is 10.1. The van der Waals surface area contributed by atoms with Crippen LogP contribution in [0.25, 0.3) is 0 Å². The van der Waals surface area contributed by atoms with E-state index in [0.717, 1.165) is 30.5 Å². The number of hydrogen-bond acceptors (Lipinski definition) is 6. The molecule has 1 N–H and O–H groups in total. The molecule has 0 aromatic heterocycles. The van der Waals surface area contributed by atoms with Crippen LogP contribution >= 0.6 is 0 Å². The molecule has 0 bridgehead atoms. The van der Waals surface area contributed by atoms with Crippen molar-refractivity contribution < 1.29 is 43.2 Å². The van der Waals surface area contributed by atoms with Crippen LogP contribution in [0.3, 0.4) is 0 Å². The van der Waals surface area contributed by atoms with Crippen LogP contribution < -0.4 is 5.32 Å². The van der Waals surface area contributed by atoms with E-state index >= 15 is 0 Å². The number of allylic oxidation sites excluding steroid dienone is 1. The lowest BCUT2D eigenvalue weighted by Crippen LogP contribution is -2.12. The van der Waals surface area contributed by atoms with E-state index < -0.39 is 58.6 Å². The minimum absolute atomic E-state index is 0.118. The molecular weight excluding hydrogens is 486 g/mol. The average molecular weight is 498 g/mol. The molecule has 6 nitrogen and oxygen atoms in total. The van der Waals surface area contributed by atoms with E-state index in [1.54, 1.807) is 0 Å². The monoisotopic (exact) mass is 498 g/mol. The summed E-state index contributed by atoms with van der Waals surface area (Å²) in [5.41, 5.74) is -4.07. The first-order valence-corrected chi connectivity index (χ1v) is 11.6. The number of alkyl halides is 6. The van der Waals surface area contributed by atoms with Gasteiger partial charge in [0.25, 0.3) is 0 Å². The summed E-state index contributed by atoms with van der Waals surface area (Å²) in [6.07, 6.45) is -9.03. The van der Waals surface area contributed by atoms with Crippen molar-refractivity contribution in [3.05, 3.63) is 64.7 Å². The van der Waals surface area contributed by atoms with Crippen LogP contribution in [0.5, 0.6) is 0 Å². The SMILES string of the molecule is CS(=O)(=O)c1cccc(S(=O)(=O)/C(C#N)=C/Nc2cc(C(F)(F)F)cc(C(F)(F)F)c2)c1. The van der Waals surface area contributed by atoms with E-state index in [1.165, 1.54) is 6.07 Å². The highest BCUT2D eigenvalue weighted by Gasteiger charge is 2.37. The molecule has 0 saturated carbocycles. The van der Waals surface area contributed by atoms with Gasteiger partial charge in [0, 0.05) is 18.1 Å². The molecule has 32 heavy (non-hydrogen) atoms. The van der Waals surface area contributed by atoms with Gasteiger partial charge in [0.1, 0.15) is 6.07 Å². The Morgan fingerprint density at radius 1 is 0.906 bits per heavy atom. The topological polar surface area (TPSA) is 104 Å². The van der Waals surface area contributed by atoms with Crippen LogP contribution in [-0.4, -0.2) is 23.1 Å². The molecule has 0 aliphatic heterocycles. The maximum atomic E-state index is 12.9. The van der Waals surface area contributed by atoms with Gasteiger partial charge in [-0.3, -0.25) is 0 Å². The predicted molar refractivity (Wildman–Crippen MR) is 101 cm³/mol. The summed E-state index contributed by atoms with van der Waals surface area (Å²) in [7, 11) is -8.46. The minimum atomic E-state index is -5.13. The van der Waals surface area contributed by atoms with Gasteiger partial charge in [-0.1, -0.05) is 6.07 Å². The number of hydrogen-bond donors (Lipinski definition) is 1. The zero-order chi connectivity index (χ0) is 24.5. The van der Waals surface area contributed by atoms with Crippen molar-refractivity contribution >= 4 is 25.4 Å². The van der Waals surface area contributed by atoms with Crippen molar-refractivity contribution in [2.24, 2.45) is 0 Å². The van der Waals surface area contributed by atoms with Crippen molar-refractivity contribution in [1.82, 2.24) is 0 Å². The summed E-state index contributed by atoms with van der Waals surface area (Å²) in [5, 5.41) is 11.1. The van der Waals surface area contributed by atoms with Crippen LogP contribution in [0.15, 0.2) is 63.4 Å². The number of benzene rings is 2. The second-order valence-electron chi connectivity index (χ2n) is 6.31. The lowest BCUT2D eigenvalue weighted by Gasteiger charge is -2.14. The maximum absolute atomic E-state index is 12.9. The van der Waals surface area contributed by atoms with Crippen molar-refractivity contribution in [2.45, 2.75) is 22.1 Å². The van der Waals surface area contributed by atoms with Crippen LogP contribution in [0.1, 0.15) is 11.1 Å². The molecule has 2 aromatic carbocycles. The molecule has 0 unspecified atom stereocenters. The Balaban J connectivity index is 2.53. The Morgan fingerprint density at radius 2 is 1.41 bits per heavy atom. The van der Waals surface area contributed by atoms with Crippen molar-refractivity contribution in [3.8, 4) is 6.07 Å². The van der Waals surface area contributed by atoms with Crippen LogP contribution in [0, 0.1) is 11.3 Å². The summed E-state index contributed by atoms with van der Waals surface area (Å²) < 4.78 is 126. The van der Waals surface area contributed by atoms with Gasteiger partial charge in [0.05, 0.1) is 20.9 Å². The molecular formula is C18H12F6N2O4S2. The third-order valence-corrected chi connectivity index (χ3v) is 6.67. The Kier molecular flexibility index (Phi) is 6.68. The van der Waals surface area contributed by atoms with E-state index in [0.29, 0.717) is 18.3 Å². The van der Waals surface area contributed by atoms with E-state index in [1.807, 2.05) is 5.32 Å². The molecule has 2 aromatic rings. The van der Waals surface area contributed by atoms with Gasteiger partial charge in [-0.05, 0) is 36.4 Å². The fourth-order valence-corrected chi connectivity index (χ4v) is 4.23. The summed E-state index contributed by atoms with van der Waals surface area (Å²) in [4.78, 5) is -2.07. The highest BCUT2D eigenvalue weighted by Crippen LogP contribution is 2.37. The first kappa shape index (κ1) is 25.2. The Labute approximate surface area is 178 Å². The fourth-order valence-electron chi connectivity index (χ4n) is 2.36. The molecule has 0 amide bonds.